The minimum Gasteiger partial charge on any atom is -0.401 e. The molecule has 0 amide bonds. The van der Waals surface area contributed by atoms with Crippen molar-refractivity contribution in [1.29, 1.82) is 15.8 Å². The molecule has 0 radical (unpaired) electrons. The van der Waals surface area contributed by atoms with Gasteiger partial charge in [0.15, 0.2) is 11.4 Å². The highest BCUT2D eigenvalue weighted by Gasteiger charge is 2.34. The lowest BCUT2D eigenvalue weighted by molar-refractivity contribution is -0.274. The molecule has 0 aliphatic heterocycles. The first-order valence-corrected chi connectivity index (χ1v) is 3.92. The van der Waals surface area contributed by atoms with Gasteiger partial charge in [-0.05, 0) is 0 Å². The van der Waals surface area contributed by atoms with Gasteiger partial charge in [0.2, 0.25) is 0 Å². The van der Waals surface area contributed by atoms with Crippen molar-refractivity contribution in [3.05, 3.63) is 23.0 Å². The number of halogens is 3. The highest BCUT2D eigenvalue weighted by Crippen LogP contribution is 2.30. The van der Waals surface area contributed by atoms with E-state index >= 15 is 0 Å². The molecule has 0 unspecified atom stereocenters. The fourth-order valence-corrected chi connectivity index (χ4v) is 0.983. The smallest absolute Gasteiger partial charge is 0.401 e. The molecule has 84 valence electrons. The van der Waals surface area contributed by atoms with Crippen LogP contribution in [-0.2, 0) is 0 Å². The van der Waals surface area contributed by atoms with E-state index in [0.29, 0.717) is 0 Å². The fraction of sp³-hybridized carbons (Fsp3) is 0.111. The van der Waals surface area contributed by atoms with Crippen molar-refractivity contribution >= 4 is 0 Å². The average molecular weight is 238 g/mol. The van der Waals surface area contributed by atoms with E-state index in [1.807, 2.05) is 0 Å². The molecule has 0 aromatic carbocycles. The van der Waals surface area contributed by atoms with E-state index in [2.05, 4.69) is 9.72 Å². The molecular formula is C9HF3N4O. The van der Waals surface area contributed by atoms with Crippen molar-refractivity contribution < 1.29 is 17.9 Å². The molecular weight excluding hydrogens is 237 g/mol. The third-order valence-corrected chi connectivity index (χ3v) is 1.59. The summed E-state index contributed by atoms with van der Waals surface area (Å²) in [7, 11) is 0. The molecule has 5 nitrogen and oxygen atoms in total. The van der Waals surface area contributed by atoms with Crippen LogP contribution in [0.1, 0.15) is 16.8 Å². The number of nitriles is 3. The number of aromatic nitrogens is 1. The summed E-state index contributed by atoms with van der Waals surface area (Å²) in [4.78, 5) is 3.30. The summed E-state index contributed by atoms with van der Waals surface area (Å²) in [6, 6.07) is 4.20. The normalized spacial score (nSPS) is 9.88. The molecule has 0 atom stereocenters. The topological polar surface area (TPSA) is 93.5 Å². The fourth-order valence-electron chi connectivity index (χ4n) is 0.983. The molecule has 0 saturated heterocycles. The van der Waals surface area contributed by atoms with Crippen LogP contribution in [0.25, 0.3) is 0 Å². The molecule has 0 N–H and O–H groups in total. The van der Waals surface area contributed by atoms with Gasteiger partial charge in [0.1, 0.15) is 23.8 Å². The number of rotatable bonds is 1. The lowest BCUT2D eigenvalue weighted by Crippen LogP contribution is -2.19. The molecule has 0 saturated carbocycles. The lowest BCUT2D eigenvalue weighted by Gasteiger charge is -2.11. The zero-order valence-electron chi connectivity index (χ0n) is 7.91. The zero-order chi connectivity index (χ0) is 13.1. The molecule has 1 rings (SSSR count). The van der Waals surface area contributed by atoms with Gasteiger partial charge < -0.3 is 4.74 Å². The van der Waals surface area contributed by atoms with Gasteiger partial charge in [0.25, 0.3) is 0 Å². The van der Waals surface area contributed by atoms with Gasteiger partial charge in [-0.1, -0.05) is 0 Å². The molecule has 1 heterocycles. The van der Waals surface area contributed by atoms with Crippen molar-refractivity contribution in [2.24, 2.45) is 0 Å². The lowest BCUT2D eigenvalue weighted by atomic mass is 10.1. The highest BCUT2D eigenvalue weighted by molar-refractivity contribution is 5.57. The average Bonchev–Trinajstić information content (AvgIpc) is 2.26. The van der Waals surface area contributed by atoms with E-state index in [4.69, 9.17) is 15.8 Å². The number of hydrogen-bond donors (Lipinski definition) is 0. The molecule has 17 heavy (non-hydrogen) atoms. The van der Waals surface area contributed by atoms with E-state index in [1.165, 1.54) is 18.2 Å². The van der Waals surface area contributed by atoms with Gasteiger partial charge in [0.05, 0.1) is 5.56 Å². The summed E-state index contributed by atoms with van der Waals surface area (Å²) in [5.74, 6) is -1.05. The van der Waals surface area contributed by atoms with Gasteiger partial charge in [0, 0.05) is 6.20 Å². The van der Waals surface area contributed by atoms with Crippen LogP contribution in [-0.4, -0.2) is 11.3 Å². The Morgan fingerprint density at radius 2 is 1.76 bits per heavy atom. The largest absolute Gasteiger partial charge is 0.573 e. The van der Waals surface area contributed by atoms with Gasteiger partial charge in [-0.25, -0.2) is 4.98 Å². The monoisotopic (exact) mass is 238 g/mol. The number of alkyl halides is 3. The molecule has 1 aromatic rings. The van der Waals surface area contributed by atoms with E-state index < -0.39 is 28.9 Å². The number of hydrogen-bond acceptors (Lipinski definition) is 5. The Bertz CT molecular complexity index is 574. The van der Waals surface area contributed by atoms with Gasteiger partial charge in [-0.3, -0.25) is 0 Å². The second kappa shape index (κ2) is 4.38. The molecule has 0 bridgehead atoms. The third kappa shape index (κ3) is 2.61. The Kier molecular flexibility index (Phi) is 3.16. The summed E-state index contributed by atoms with van der Waals surface area (Å²) in [6.07, 6.45) is -4.24. The second-order valence-electron chi connectivity index (χ2n) is 2.61. The second-order valence-corrected chi connectivity index (χ2v) is 2.61. The van der Waals surface area contributed by atoms with Gasteiger partial charge in [-0.2, -0.15) is 15.8 Å². The predicted octanol–water partition coefficient (Wildman–Crippen LogP) is 1.60. The number of nitrogens with zero attached hydrogens (tertiary/aromatic N) is 4. The van der Waals surface area contributed by atoms with Crippen molar-refractivity contribution in [3.8, 4) is 24.0 Å². The van der Waals surface area contributed by atoms with Crippen molar-refractivity contribution in [2.45, 2.75) is 6.36 Å². The molecule has 0 spiro atoms. The van der Waals surface area contributed by atoms with Crippen LogP contribution in [0.5, 0.6) is 5.75 Å². The quantitative estimate of drug-likeness (QED) is 0.740. The molecule has 1 aromatic heterocycles. The Morgan fingerprint density at radius 3 is 2.18 bits per heavy atom. The Labute approximate surface area is 92.9 Å². The third-order valence-electron chi connectivity index (χ3n) is 1.59. The summed E-state index contributed by atoms with van der Waals surface area (Å²) in [5.41, 5.74) is -1.78. The summed E-state index contributed by atoms with van der Waals surface area (Å²) in [6.45, 7) is 0. The van der Waals surface area contributed by atoms with Gasteiger partial charge in [-0.15, -0.1) is 13.2 Å². The summed E-state index contributed by atoms with van der Waals surface area (Å²) >= 11 is 0. The summed E-state index contributed by atoms with van der Waals surface area (Å²) in [5, 5.41) is 25.8. The first-order valence-electron chi connectivity index (χ1n) is 3.92. The minimum absolute atomic E-state index is 0.397. The maximum atomic E-state index is 12.1. The molecule has 0 aliphatic rings. The van der Waals surface area contributed by atoms with Crippen LogP contribution in [0.3, 0.4) is 0 Å². The number of pyridine rings is 1. The van der Waals surface area contributed by atoms with Crippen LogP contribution < -0.4 is 4.74 Å². The van der Waals surface area contributed by atoms with Crippen LogP contribution in [0.15, 0.2) is 6.20 Å². The first-order chi connectivity index (χ1) is 7.92. The highest BCUT2D eigenvalue weighted by atomic mass is 19.4. The maximum Gasteiger partial charge on any atom is 0.573 e. The van der Waals surface area contributed by atoms with Gasteiger partial charge >= 0.3 is 6.36 Å². The number of ether oxygens (including phenoxy) is 1. The standard InChI is InChI=1S/C9HF3N4O/c10-9(11,12)17-8-6(2-14)5(1-13)4-16-7(8)3-15/h4H. The Morgan fingerprint density at radius 1 is 1.12 bits per heavy atom. The van der Waals surface area contributed by atoms with E-state index in [9.17, 15) is 13.2 Å². The molecule has 0 aliphatic carbocycles. The van der Waals surface area contributed by atoms with Crippen LogP contribution in [0, 0.1) is 34.0 Å². The Hall–Kier alpha value is -2.79. The Balaban J connectivity index is 3.50. The van der Waals surface area contributed by atoms with Crippen molar-refractivity contribution in [1.82, 2.24) is 4.98 Å². The SMILES string of the molecule is N#Cc1cnc(C#N)c(OC(F)(F)F)c1C#N. The molecule has 0 fully saturated rings. The van der Waals surface area contributed by atoms with E-state index in [1.54, 1.807) is 0 Å². The van der Waals surface area contributed by atoms with Crippen molar-refractivity contribution in [3.63, 3.8) is 0 Å². The molecule has 8 heteroatoms. The van der Waals surface area contributed by atoms with Crippen LogP contribution in [0.2, 0.25) is 0 Å². The van der Waals surface area contributed by atoms with E-state index in [-0.39, 0.29) is 0 Å². The maximum absolute atomic E-state index is 12.1. The minimum atomic E-state index is -5.08. The zero-order valence-corrected chi connectivity index (χ0v) is 7.91. The first kappa shape index (κ1) is 12.3. The van der Waals surface area contributed by atoms with Crippen molar-refractivity contribution in [2.75, 3.05) is 0 Å². The van der Waals surface area contributed by atoms with Crippen LogP contribution in [0.4, 0.5) is 13.2 Å². The van der Waals surface area contributed by atoms with E-state index in [0.717, 1.165) is 6.20 Å². The van der Waals surface area contributed by atoms with Crippen LogP contribution >= 0.6 is 0 Å². The summed E-state index contributed by atoms with van der Waals surface area (Å²) < 4.78 is 39.7. The predicted molar refractivity (Wildman–Crippen MR) is 45.1 cm³/mol.